The summed E-state index contributed by atoms with van der Waals surface area (Å²) in [6.45, 7) is 0.551. The maximum absolute atomic E-state index is 14.4. The SMILES string of the molecule is C[C@@]1(F)C(n2ccc(N)nc2=O)OC(CO)[C@@H]1O. The highest BCUT2D eigenvalue weighted by atomic mass is 19.1. The average molecular weight is 259 g/mol. The summed E-state index contributed by atoms with van der Waals surface area (Å²) in [7, 11) is 0. The summed E-state index contributed by atoms with van der Waals surface area (Å²) in [5, 5.41) is 18.6. The van der Waals surface area contributed by atoms with Crippen molar-refractivity contribution in [1.29, 1.82) is 0 Å². The molecule has 7 nitrogen and oxygen atoms in total. The normalized spacial score (nSPS) is 35.9. The number of anilines is 1. The number of hydrogen-bond donors (Lipinski definition) is 3. The number of rotatable bonds is 2. The highest BCUT2D eigenvalue weighted by Crippen LogP contribution is 2.40. The van der Waals surface area contributed by atoms with E-state index in [9.17, 15) is 14.3 Å². The van der Waals surface area contributed by atoms with Crippen LogP contribution in [0, 0.1) is 0 Å². The van der Waals surface area contributed by atoms with Crippen LogP contribution in [0.15, 0.2) is 17.1 Å². The van der Waals surface area contributed by atoms with Gasteiger partial charge in [-0.2, -0.15) is 4.98 Å². The Balaban J connectivity index is 2.42. The van der Waals surface area contributed by atoms with Crippen LogP contribution < -0.4 is 11.4 Å². The fourth-order valence-electron chi connectivity index (χ4n) is 1.97. The van der Waals surface area contributed by atoms with Crippen LogP contribution in [-0.4, -0.2) is 44.2 Å². The molecule has 4 atom stereocenters. The Hall–Kier alpha value is -1.51. The second kappa shape index (κ2) is 4.30. The molecule has 0 aliphatic carbocycles. The first-order valence-corrected chi connectivity index (χ1v) is 5.36. The third-order valence-electron chi connectivity index (χ3n) is 3.00. The molecule has 2 heterocycles. The molecule has 0 radical (unpaired) electrons. The Labute approximate surface area is 102 Å². The van der Waals surface area contributed by atoms with Crippen LogP contribution in [0.4, 0.5) is 10.2 Å². The van der Waals surface area contributed by atoms with E-state index in [1.807, 2.05) is 0 Å². The Kier molecular flexibility index (Phi) is 3.09. The van der Waals surface area contributed by atoms with Crippen LogP contribution >= 0.6 is 0 Å². The van der Waals surface area contributed by atoms with E-state index in [2.05, 4.69) is 4.98 Å². The van der Waals surface area contributed by atoms with E-state index < -0.39 is 36.4 Å². The monoisotopic (exact) mass is 259 g/mol. The number of aliphatic hydroxyl groups is 2. The number of nitrogens with two attached hydrogens (primary N) is 1. The molecule has 0 amide bonds. The van der Waals surface area contributed by atoms with Gasteiger partial charge in [-0.15, -0.1) is 0 Å². The van der Waals surface area contributed by atoms with Gasteiger partial charge in [0.1, 0.15) is 18.0 Å². The van der Waals surface area contributed by atoms with Gasteiger partial charge in [0.25, 0.3) is 0 Å². The number of alkyl halides is 1. The van der Waals surface area contributed by atoms with Gasteiger partial charge < -0.3 is 20.7 Å². The number of nitrogens with zero attached hydrogens (tertiary/aromatic N) is 2. The van der Waals surface area contributed by atoms with E-state index in [1.165, 1.54) is 12.3 Å². The first-order valence-electron chi connectivity index (χ1n) is 5.36. The molecule has 1 aliphatic heterocycles. The predicted octanol–water partition coefficient (Wildman–Crippen LogP) is -1.20. The largest absolute Gasteiger partial charge is 0.394 e. The molecule has 0 bridgehead atoms. The second-order valence-electron chi connectivity index (χ2n) is 4.35. The van der Waals surface area contributed by atoms with Gasteiger partial charge in [0.05, 0.1) is 6.61 Å². The average Bonchev–Trinajstić information content (AvgIpc) is 2.52. The first-order chi connectivity index (χ1) is 8.37. The van der Waals surface area contributed by atoms with E-state index in [-0.39, 0.29) is 5.82 Å². The number of aromatic nitrogens is 2. The quantitative estimate of drug-likeness (QED) is 0.615. The van der Waals surface area contributed by atoms with Gasteiger partial charge in [-0.1, -0.05) is 0 Å². The molecular formula is C10H14FN3O4. The van der Waals surface area contributed by atoms with Gasteiger partial charge in [-0.3, -0.25) is 4.57 Å². The van der Waals surface area contributed by atoms with E-state index in [0.29, 0.717) is 0 Å². The summed E-state index contributed by atoms with van der Waals surface area (Å²) >= 11 is 0. The molecule has 0 aromatic carbocycles. The lowest BCUT2D eigenvalue weighted by molar-refractivity contribution is -0.0610. The third kappa shape index (κ3) is 1.88. The van der Waals surface area contributed by atoms with Crippen molar-refractivity contribution in [3.63, 3.8) is 0 Å². The lowest BCUT2D eigenvalue weighted by Gasteiger charge is -2.24. The zero-order chi connectivity index (χ0) is 13.5. The van der Waals surface area contributed by atoms with Gasteiger partial charge in [0.2, 0.25) is 0 Å². The fourth-order valence-corrected chi connectivity index (χ4v) is 1.97. The Morgan fingerprint density at radius 2 is 2.39 bits per heavy atom. The third-order valence-corrected chi connectivity index (χ3v) is 3.00. The molecule has 8 heteroatoms. The molecule has 18 heavy (non-hydrogen) atoms. The second-order valence-corrected chi connectivity index (χ2v) is 4.35. The maximum Gasteiger partial charge on any atom is 0.351 e. The molecule has 1 fully saturated rings. The molecule has 1 saturated heterocycles. The highest BCUT2D eigenvalue weighted by molar-refractivity contribution is 5.23. The zero-order valence-corrected chi connectivity index (χ0v) is 9.65. The molecule has 1 aromatic heterocycles. The number of aliphatic hydroxyl groups excluding tert-OH is 2. The molecule has 100 valence electrons. The van der Waals surface area contributed by atoms with Crippen molar-refractivity contribution in [3.05, 3.63) is 22.7 Å². The lowest BCUT2D eigenvalue weighted by atomic mass is 9.98. The minimum atomic E-state index is -2.21. The molecule has 2 rings (SSSR count). The molecule has 2 unspecified atom stereocenters. The summed E-state index contributed by atoms with van der Waals surface area (Å²) in [4.78, 5) is 15.1. The van der Waals surface area contributed by atoms with E-state index in [0.717, 1.165) is 11.5 Å². The first kappa shape index (κ1) is 12.9. The molecule has 0 spiro atoms. The zero-order valence-electron chi connectivity index (χ0n) is 9.65. The van der Waals surface area contributed by atoms with Gasteiger partial charge in [-0.05, 0) is 13.0 Å². The smallest absolute Gasteiger partial charge is 0.351 e. The number of nitrogen functional groups attached to an aromatic ring is 1. The molecule has 1 aliphatic rings. The van der Waals surface area contributed by atoms with E-state index in [1.54, 1.807) is 0 Å². The van der Waals surface area contributed by atoms with Gasteiger partial charge in [0, 0.05) is 6.20 Å². The molecule has 1 aromatic rings. The van der Waals surface area contributed by atoms with Gasteiger partial charge >= 0.3 is 5.69 Å². The van der Waals surface area contributed by atoms with Crippen molar-refractivity contribution in [2.45, 2.75) is 31.0 Å². The molecule has 4 N–H and O–H groups in total. The van der Waals surface area contributed by atoms with Crippen molar-refractivity contribution in [2.24, 2.45) is 0 Å². The number of hydrogen-bond acceptors (Lipinski definition) is 6. The lowest BCUT2D eigenvalue weighted by Crippen LogP contribution is -2.42. The minimum absolute atomic E-state index is 0.00839. The van der Waals surface area contributed by atoms with Gasteiger partial charge in [0.15, 0.2) is 11.9 Å². The summed E-state index contributed by atoms with van der Waals surface area (Å²) < 4.78 is 20.4. The maximum atomic E-state index is 14.4. The summed E-state index contributed by atoms with van der Waals surface area (Å²) in [6.07, 6.45) is -2.74. The summed E-state index contributed by atoms with van der Waals surface area (Å²) in [6, 6.07) is 1.32. The minimum Gasteiger partial charge on any atom is -0.394 e. The predicted molar refractivity (Wildman–Crippen MR) is 59.4 cm³/mol. The standard InChI is InChI=1S/C10H14FN3O4/c1-10(11)7(16)5(4-15)18-8(10)14-3-2-6(12)13-9(14)17/h2-3,5,7-8,15-16H,4H2,1H3,(H2,12,13,17)/t5?,7-,8?,10-/m0/s1. The van der Waals surface area contributed by atoms with Gasteiger partial charge in [-0.25, -0.2) is 9.18 Å². The van der Waals surface area contributed by atoms with Crippen molar-refractivity contribution in [2.75, 3.05) is 12.3 Å². The molecular weight excluding hydrogens is 245 g/mol. The van der Waals surface area contributed by atoms with Crippen LogP contribution in [-0.2, 0) is 4.74 Å². The van der Waals surface area contributed by atoms with E-state index in [4.69, 9.17) is 15.6 Å². The Morgan fingerprint density at radius 1 is 1.72 bits per heavy atom. The van der Waals surface area contributed by atoms with Crippen molar-refractivity contribution >= 4 is 5.82 Å². The van der Waals surface area contributed by atoms with Crippen molar-refractivity contribution < 1.29 is 19.3 Å². The Morgan fingerprint density at radius 3 is 2.89 bits per heavy atom. The number of halogens is 1. The van der Waals surface area contributed by atoms with Crippen LogP contribution in [0.25, 0.3) is 0 Å². The summed E-state index contributed by atoms with van der Waals surface area (Å²) in [5.41, 5.74) is 2.33. The summed E-state index contributed by atoms with van der Waals surface area (Å²) in [5.74, 6) is 0.00839. The Bertz CT molecular complexity index is 504. The number of ether oxygens (including phenoxy) is 1. The fraction of sp³-hybridized carbons (Fsp3) is 0.600. The topological polar surface area (TPSA) is 111 Å². The van der Waals surface area contributed by atoms with Crippen LogP contribution in [0.2, 0.25) is 0 Å². The molecule has 0 saturated carbocycles. The van der Waals surface area contributed by atoms with Crippen LogP contribution in [0.3, 0.4) is 0 Å². The highest BCUT2D eigenvalue weighted by Gasteiger charge is 2.55. The van der Waals surface area contributed by atoms with Crippen molar-refractivity contribution in [1.82, 2.24) is 9.55 Å². The van der Waals surface area contributed by atoms with E-state index >= 15 is 0 Å². The van der Waals surface area contributed by atoms with Crippen molar-refractivity contribution in [3.8, 4) is 0 Å². The van der Waals surface area contributed by atoms with Crippen LogP contribution in [0.1, 0.15) is 13.2 Å². The van der Waals surface area contributed by atoms with Crippen LogP contribution in [0.5, 0.6) is 0 Å².